The molecule has 1 aromatic carbocycles. The summed E-state index contributed by atoms with van der Waals surface area (Å²) >= 11 is 0. The maximum atomic E-state index is 13.4. The number of ether oxygens (including phenoxy) is 1. The number of nitrogens with two attached hydrogens (primary N) is 1. The fourth-order valence-electron chi connectivity index (χ4n) is 1.50. The van der Waals surface area contributed by atoms with E-state index >= 15 is 0 Å². The molecule has 0 saturated carbocycles. The fourth-order valence-corrected chi connectivity index (χ4v) is 1.50. The van der Waals surface area contributed by atoms with Crippen LogP contribution < -0.4 is 10.5 Å². The van der Waals surface area contributed by atoms with Crippen molar-refractivity contribution in [3.8, 4) is 11.6 Å². The highest BCUT2D eigenvalue weighted by Crippen LogP contribution is 2.26. The molecule has 0 bridgehead atoms. The minimum absolute atomic E-state index is 0.0625. The van der Waals surface area contributed by atoms with Crippen molar-refractivity contribution in [3.63, 3.8) is 0 Å². The van der Waals surface area contributed by atoms with Crippen molar-refractivity contribution in [1.29, 1.82) is 0 Å². The average Bonchev–Trinajstić information content (AvgIpc) is 2.34. The molecular weight excluding hydrogens is 238 g/mol. The molecule has 2 rings (SSSR count). The third-order valence-electron chi connectivity index (χ3n) is 2.42. The Morgan fingerprint density at radius 2 is 2.06 bits per heavy atom. The molecule has 1 aromatic heterocycles. The van der Waals surface area contributed by atoms with Gasteiger partial charge in [-0.05, 0) is 30.7 Å². The number of hydrogen-bond acceptors (Lipinski definition) is 3. The Morgan fingerprint density at radius 3 is 2.67 bits per heavy atom. The number of rotatable bonds is 3. The molecule has 0 aliphatic carbocycles. The van der Waals surface area contributed by atoms with E-state index in [1.54, 1.807) is 13.1 Å². The van der Waals surface area contributed by atoms with Gasteiger partial charge in [0.25, 0.3) is 0 Å². The van der Waals surface area contributed by atoms with E-state index in [9.17, 15) is 8.78 Å². The van der Waals surface area contributed by atoms with E-state index in [1.165, 1.54) is 6.07 Å². The van der Waals surface area contributed by atoms with Crippen molar-refractivity contribution in [2.45, 2.75) is 13.5 Å². The Bertz CT molecular complexity index is 573. The number of nitrogens with zero attached hydrogens (tertiary/aromatic N) is 1. The lowest BCUT2D eigenvalue weighted by Crippen LogP contribution is -2.00. The summed E-state index contributed by atoms with van der Waals surface area (Å²) in [4.78, 5) is 4.05. The van der Waals surface area contributed by atoms with Gasteiger partial charge in [0.1, 0.15) is 5.82 Å². The summed E-state index contributed by atoms with van der Waals surface area (Å²) in [5.74, 6) is -1.20. The Hall–Kier alpha value is -2.01. The van der Waals surface area contributed by atoms with Gasteiger partial charge >= 0.3 is 0 Å². The van der Waals surface area contributed by atoms with Crippen LogP contribution in [0.25, 0.3) is 0 Å². The monoisotopic (exact) mass is 250 g/mol. The van der Waals surface area contributed by atoms with Gasteiger partial charge in [0.05, 0.1) is 0 Å². The highest BCUT2D eigenvalue weighted by atomic mass is 19.1. The van der Waals surface area contributed by atoms with Crippen LogP contribution in [0.4, 0.5) is 8.78 Å². The number of aryl methyl sites for hydroxylation is 1. The SMILES string of the molecule is Cc1cc(CN)cnc1Oc1ccc(F)cc1F. The van der Waals surface area contributed by atoms with E-state index in [1.807, 2.05) is 6.07 Å². The fraction of sp³-hybridized carbons (Fsp3) is 0.154. The van der Waals surface area contributed by atoms with Gasteiger partial charge < -0.3 is 10.5 Å². The summed E-state index contributed by atoms with van der Waals surface area (Å²) in [5.41, 5.74) is 7.08. The van der Waals surface area contributed by atoms with Gasteiger partial charge in [-0.2, -0.15) is 0 Å². The van der Waals surface area contributed by atoms with Crippen molar-refractivity contribution in [2.24, 2.45) is 5.73 Å². The van der Waals surface area contributed by atoms with Gasteiger partial charge in [0.15, 0.2) is 11.6 Å². The van der Waals surface area contributed by atoms with E-state index in [0.717, 1.165) is 23.3 Å². The predicted octanol–water partition coefficient (Wildman–Crippen LogP) is 2.92. The number of halogens is 2. The third kappa shape index (κ3) is 2.62. The van der Waals surface area contributed by atoms with Crippen LogP contribution in [0.3, 0.4) is 0 Å². The number of pyridine rings is 1. The number of hydrogen-bond donors (Lipinski definition) is 1. The Morgan fingerprint density at radius 1 is 1.28 bits per heavy atom. The van der Waals surface area contributed by atoms with Crippen LogP contribution in [0.15, 0.2) is 30.5 Å². The first-order valence-electron chi connectivity index (χ1n) is 5.38. The molecule has 18 heavy (non-hydrogen) atoms. The molecule has 1 heterocycles. The van der Waals surface area contributed by atoms with Crippen LogP contribution in [-0.2, 0) is 6.54 Å². The molecule has 0 unspecified atom stereocenters. The quantitative estimate of drug-likeness (QED) is 0.911. The largest absolute Gasteiger partial charge is 0.436 e. The zero-order chi connectivity index (χ0) is 13.1. The molecular formula is C13H12F2N2O. The molecule has 0 atom stereocenters. The molecule has 0 aliphatic heterocycles. The second kappa shape index (κ2) is 5.10. The molecule has 5 heteroatoms. The topological polar surface area (TPSA) is 48.1 Å². The number of benzene rings is 1. The van der Waals surface area contributed by atoms with Crippen molar-refractivity contribution in [3.05, 3.63) is 53.2 Å². The van der Waals surface area contributed by atoms with Gasteiger partial charge in [0, 0.05) is 24.4 Å². The van der Waals surface area contributed by atoms with E-state index in [4.69, 9.17) is 10.5 Å². The smallest absolute Gasteiger partial charge is 0.222 e. The lowest BCUT2D eigenvalue weighted by molar-refractivity contribution is 0.420. The van der Waals surface area contributed by atoms with Gasteiger partial charge in [-0.25, -0.2) is 13.8 Å². The van der Waals surface area contributed by atoms with Crippen LogP contribution in [0.5, 0.6) is 11.6 Å². The van der Waals surface area contributed by atoms with E-state index < -0.39 is 11.6 Å². The molecule has 0 spiro atoms. The maximum Gasteiger partial charge on any atom is 0.222 e. The Kier molecular flexibility index (Phi) is 3.53. The second-order valence-corrected chi connectivity index (χ2v) is 3.85. The highest BCUT2D eigenvalue weighted by Gasteiger charge is 2.09. The summed E-state index contributed by atoms with van der Waals surface area (Å²) in [6, 6.07) is 4.92. The van der Waals surface area contributed by atoms with Crippen LogP contribution in [0.2, 0.25) is 0 Å². The van der Waals surface area contributed by atoms with Crippen molar-refractivity contribution < 1.29 is 13.5 Å². The minimum Gasteiger partial charge on any atom is -0.436 e. The molecule has 0 fully saturated rings. The summed E-state index contributed by atoms with van der Waals surface area (Å²) < 4.78 is 31.4. The van der Waals surface area contributed by atoms with Crippen LogP contribution in [-0.4, -0.2) is 4.98 Å². The average molecular weight is 250 g/mol. The van der Waals surface area contributed by atoms with Crippen molar-refractivity contribution >= 4 is 0 Å². The molecule has 0 amide bonds. The molecule has 2 N–H and O–H groups in total. The molecule has 2 aromatic rings. The van der Waals surface area contributed by atoms with E-state index in [2.05, 4.69) is 4.98 Å². The summed E-state index contributed by atoms with van der Waals surface area (Å²) in [7, 11) is 0. The summed E-state index contributed by atoms with van der Waals surface area (Å²) in [5, 5.41) is 0. The van der Waals surface area contributed by atoms with Crippen LogP contribution in [0, 0.1) is 18.6 Å². The maximum absolute atomic E-state index is 13.4. The lowest BCUT2D eigenvalue weighted by Gasteiger charge is -2.09. The number of aromatic nitrogens is 1. The first-order chi connectivity index (χ1) is 8.60. The standard InChI is InChI=1S/C13H12F2N2O/c1-8-4-9(6-16)7-17-13(8)18-12-3-2-10(14)5-11(12)15/h2-5,7H,6,16H2,1H3. The van der Waals surface area contributed by atoms with Gasteiger partial charge in [-0.1, -0.05) is 0 Å². The normalized spacial score (nSPS) is 10.4. The summed E-state index contributed by atoms with van der Waals surface area (Å²) in [6.07, 6.45) is 1.56. The first kappa shape index (κ1) is 12.4. The Balaban J connectivity index is 2.28. The predicted molar refractivity (Wildman–Crippen MR) is 63.3 cm³/mol. The summed E-state index contributed by atoms with van der Waals surface area (Å²) in [6.45, 7) is 2.15. The van der Waals surface area contributed by atoms with E-state index in [-0.39, 0.29) is 11.6 Å². The zero-order valence-electron chi connectivity index (χ0n) is 9.78. The minimum atomic E-state index is -0.765. The lowest BCUT2D eigenvalue weighted by atomic mass is 10.2. The molecule has 0 radical (unpaired) electrons. The van der Waals surface area contributed by atoms with Crippen molar-refractivity contribution in [2.75, 3.05) is 0 Å². The van der Waals surface area contributed by atoms with E-state index in [0.29, 0.717) is 6.54 Å². The van der Waals surface area contributed by atoms with Gasteiger partial charge in [0.2, 0.25) is 5.88 Å². The molecule has 0 aliphatic rings. The van der Waals surface area contributed by atoms with Crippen LogP contribution in [0.1, 0.15) is 11.1 Å². The first-order valence-corrected chi connectivity index (χ1v) is 5.38. The van der Waals surface area contributed by atoms with Crippen LogP contribution >= 0.6 is 0 Å². The zero-order valence-corrected chi connectivity index (χ0v) is 9.78. The van der Waals surface area contributed by atoms with Crippen molar-refractivity contribution in [1.82, 2.24) is 4.98 Å². The van der Waals surface area contributed by atoms with Gasteiger partial charge in [-0.15, -0.1) is 0 Å². The Labute approximate surface area is 103 Å². The highest BCUT2D eigenvalue weighted by molar-refractivity contribution is 5.34. The molecule has 94 valence electrons. The molecule has 3 nitrogen and oxygen atoms in total. The third-order valence-corrected chi connectivity index (χ3v) is 2.42. The molecule has 0 saturated heterocycles. The van der Waals surface area contributed by atoms with Gasteiger partial charge in [-0.3, -0.25) is 0 Å². The second-order valence-electron chi connectivity index (χ2n) is 3.85.